The van der Waals surface area contributed by atoms with Gasteiger partial charge < -0.3 is 13.9 Å². The summed E-state index contributed by atoms with van der Waals surface area (Å²) in [5.41, 5.74) is 22.5. The average Bonchev–Trinajstić information content (AvgIpc) is 4.06. The van der Waals surface area contributed by atoms with Gasteiger partial charge in [0, 0.05) is 44.3 Å². The molecule has 75 heavy (non-hydrogen) atoms. The third kappa shape index (κ3) is 8.14. The van der Waals surface area contributed by atoms with Gasteiger partial charge in [-0.25, -0.2) is 0 Å². The zero-order valence-electron chi connectivity index (χ0n) is 41.0. The van der Waals surface area contributed by atoms with Crippen LogP contribution in [0.1, 0.15) is 0 Å². The molecule has 14 aromatic rings. The third-order valence-corrected chi connectivity index (χ3v) is 14.8. The number of hydrogen-bond donors (Lipinski definition) is 0. The van der Waals surface area contributed by atoms with Gasteiger partial charge >= 0.3 is 0 Å². The molecule has 0 N–H and O–H groups in total. The lowest BCUT2D eigenvalue weighted by atomic mass is 9.92. The second-order valence-corrected chi connectivity index (χ2v) is 19.3. The first-order chi connectivity index (χ1) is 37.1. The minimum absolute atomic E-state index is 0.885. The molecule has 14 rings (SSSR count). The van der Waals surface area contributed by atoms with Crippen molar-refractivity contribution in [3.8, 4) is 72.4 Å². The summed E-state index contributed by atoms with van der Waals surface area (Å²) in [5.74, 6) is 0. The molecule has 0 saturated carbocycles. The summed E-state index contributed by atoms with van der Waals surface area (Å²) in [4.78, 5) is 2.34. The quantitative estimate of drug-likeness (QED) is 0.136. The first-order valence-corrected chi connectivity index (χ1v) is 25.6. The summed E-state index contributed by atoms with van der Waals surface area (Å²) in [6, 6.07) is 105. The van der Waals surface area contributed by atoms with Gasteiger partial charge in [0.25, 0.3) is 0 Å². The first-order valence-electron chi connectivity index (χ1n) is 25.6. The number of rotatable bonds is 10. The largest absolute Gasteiger partial charge is 0.456 e. The van der Waals surface area contributed by atoms with Crippen molar-refractivity contribution in [1.29, 1.82) is 0 Å². The highest BCUT2D eigenvalue weighted by molar-refractivity contribution is 6.11. The lowest BCUT2D eigenvalue weighted by Gasteiger charge is -2.26. The number of nitrogens with zero attached hydrogens (tertiary/aromatic N) is 2. The molecule has 0 unspecified atom stereocenters. The Balaban J connectivity index is 0.826. The molecule has 3 heteroatoms. The zero-order chi connectivity index (χ0) is 49.7. The maximum absolute atomic E-state index is 6.43. The zero-order valence-corrected chi connectivity index (χ0v) is 41.0. The van der Waals surface area contributed by atoms with Gasteiger partial charge in [-0.2, -0.15) is 0 Å². The fourth-order valence-electron chi connectivity index (χ4n) is 11.0. The highest BCUT2D eigenvalue weighted by atomic mass is 16.3. The van der Waals surface area contributed by atoms with Gasteiger partial charge in [-0.05, 0) is 170 Å². The highest BCUT2D eigenvalue weighted by Crippen LogP contribution is 2.41. The number of hydrogen-bond acceptors (Lipinski definition) is 2. The Morgan fingerprint density at radius 1 is 0.227 bits per heavy atom. The standard InChI is InChI=1S/C72H48N2O/c1-4-14-49(15-5-1)52-28-36-62(37-29-52)73(63-38-30-53(31-39-63)50-16-6-2-7-17-50)64-40-32-54(33-41-64)51-24-26-55(27-25-51)58-44-59(46-60(45-58)57-34-42-67-66-21-11-13-23-71(66)75-72(67)48-57)56-35-43-70-68(47-56)65-20-10-12-22-69(65)74(70)61-18-8-3-9-19-61/h1-48H. The van der Waals surface area contributed by atoms with Crippen molar-refractivity contribution in [3.05, 3.63) is 291 Å². The van der Waals surface area contributed by atoms with Crippen LogP contribution in [0, 0.1) is 0 Å². The van der Waals surface area contributed by atoms with Crippen molar-refractivity contribution < 1.29 is 4.42 Å². The van der Waals surface area contributed by atoms with E-state index in [2.05, 4.69) is 289 Å². The number of para-hydroxylation sites is 3. The molecular weight excluding hydrogens is 909 g/mol. The fourth-order valence-corrected chi connectivity index (χ4v) is 11.0. The minimum Gasteiger partial charge on any atom is -0.456 e. The van der Waals surface area contributed by atoms with E-state index in [1.165, 1.54) is 44.1 Å². The van der Waals surface area contributed by atoms with Crippen molar-refractivity contribution in [1.82, 2.24) is 4.57 Å². The smallest absolute Gasteiger partial charge is 0.136 e. The van der Waals surface area contributed by atoms with Gasteiger partial charge in [-0.15, -0.1) is 0 Å². The van der Waals surface area contributed by atoms with Crippen LogP contribution in [0.2, 0.25) is 0 Å². The molecule has 0 saturated heterocycles. The van der Waals surface area contributed by atoms with E-state index >= 15 is 0 Å². The van der Waals surface area contributed by atoms with E-state index in [4.69, 9.17) is 4.42 Å². The fraction of sp³-hybridized carbons (Fsp3) is 0. The van der Waals surface area contributed by atoms with Gasteiger partial charge in [0.2, 0.25) is 0 Å². The normalized spacial score (nSPS) is 11.5. The van der Waals surface area contributed by atoms with Crippen molar-refractivity contribution in [2.24, 2.45) is 0 Å². The second kappa shape index (κ2) is 18.6. The lowest BCUT2D eigenvalue weighted by Crippen LogP contribution is -2.09. The molecular formula is C72H48N2O. The maximum Gasteiger partial charge on any atom is 0.136 e. The Morgan fingerprint density at radius 3 is 1.16 bits per heavy atom. The van der Waals surface area contributed by atoms with Crippen LogP contribution < -0.4 is 4.90 Å². The molecule has 12 aromatic carbocycles. The van der Waals surface area contributed by atoms with Crippen molar-refractivity contribution in [2.75, 3.05) is 4.90 Å². The SMILES string of the molecule is c1ccc(-c2ccc(N(c3ccc(-c4ccccc4)cc3)c3ccc(-c4ccc(-c5cc(-c6ccc7c(c6)oc6ccccc67)cc(-c6ccc7c(c6)c6ccccc6n7-c6ccccc6)c5)cc4)cc3)cc2)cc1. The molecule has 0 fully saturated rings. The van der Waals surface area contributed by atoms with E-state index in [1.54, 1.807) is 0 Å². The lowest BCUT2D eigenvalue weighted by molar-refractivity contribution is 0.669. The Bertz CT molecular complexity index is 4260. The predicted molar refractivity (Wildman–Crippen MR) is 315 cm³/mol. The molecule has 2 aromatic heterocycles. The Morgan fingerprint density at radius 2 is 0.600 bits per heavy atom. The summed E-state index contributed by atoms with van der Waals surface area (Å²) in [5, 5.41) is 4.71. The van der Waals surface area contributed by atoms with Crippen LogP contribution in [0.25, 0.3) is 116 Å². The van der Waals surface area contributed by atoms with Crippen LogP contribution >= 0.6 is 0 Å². The number of anilines is 3. The molecule has 0 aliphatic rings. The highest BCUT2D eigenvalue weighted by Gasteiger charge is 2.17. The summed E-state index contributed by atoms with van der Waals surface area (Å²) in [7, 11) is 0. The van der Waals surface area contributed by atoms with Gasteiger partial charge in [-0.3, -0.25) is 0 Å². The summed E-state index contributed by atoms with van der Waals surface area (Å²) in [6.07, 6.45) is 0. The summed E-state index contributed by atoms with van der Waals surface area (Å²) in [6.45, 7) is 0. The molecule has 0 radical (unpaired) electrons. The van der Waals surface area contributed by atoms with Crippen LogP contribution in [0.4, 0.5) is 17.1 Å². The number of benzene rings is 12. The van der Waals surface area contributed by atoms with Crippen molar-refractivity contribution in [3.63, 3.8) is 0 Å². The predicted octanol–water partition coefficient (Wildman–Crippen LogP) is 20.2. The Hall–Kier alpha value is -9.96. The summed E-state index contributed by atoms with van der Waals surface area (Å²) >= 11 is 0. The number of fused-ring (bicyclic) bond motifs is 6. The molecule has 0 spiro atoms. The van der Waals surface area contributed by atoms with Crippen LogP contribution in [0.5, 0.6) is 0 Å². The molecule has 0 atom stereocenters. The Kier molecular flexibility index (Phi) is 10.8. The number of aromatic nitrogens is 1. The van der Waals surface area contributed by atoms with Crippen LogP contribution in [0.15, 0.2) is 296 Å². The minimum atomic E-state index is 0.885. The van der Waals surface area contributed by atoms with E-state index < -0.39 is 0 Å². The third-order valence-electron chi connectivity index (χ3n) is 14.8. The van der Waals surface area contributed by atoms with Crippen LogP contribution in [-0.2, 0) is 0 Å². The molecule has 2 heterocycles. The van der Waals surface area contributed by atoms with E-state index in [-0.39, 0.29) is 0 Å². The van der Waals surface area contributed by atoms with Gasteiger partial charge in [0.05, 0.1) is 11.0 Å². The monoisotopic (exact) mass is 956 g/mol. The summed E-state index contributed by atoms with van der Waals surface area (Å²) < 4.78 is 8.80. The molecule has 0 aliphatic heterocycles. The van der Waals surface area contributed by atoms with E-state index in [9.17, 15) is 0 Å². The average molecular weight is 957 g/mol. The molecule has 0 aliphatic carbocycles. The van der Waals surface area contributed by atoms with Crippen LogP contribution in [0.3, 0.4) is 0 Å². The first kappa shape index (κ1) is 43.8. The maximum atomic E-state index is 6.43. The van der Waals surface area contributed by atoms with E-state index in [0.29, 0.717) is 0 Å². The van der Waals surface area contributed by atoms with E-state index in [1.807, 2.05) is 12.1 Å². The molecule has 3 nitrogen and oxygen atoms in total. The number of furan rings is 1. The van der Waals surface area contributed by atoms with Gasteiger partial charge in [0.15, 0.2) is 0 Å². The van der Waals surface area contributed by atoms with Gasteiger partial charge in [0.1, 0.15) is 11.2 Å². The molecule has 0 amide bonds. The van der Waals surface area contributed by atoms with Crippen molar-refractivity contribution in [2.45, 2.75) is 0 Å². The second-order valence-electron chi connectivity index (χ2n) is 19.3. The van der Waals surface area contributed by atoms with Crippen LogP contribution in [-0.4, -0.2) is 4.57 Å². The van der Waals surface area contributed by atoms with Gasteiger partial charge in [-0.1, -0.05) is 188 Å². The topological polar surface area (TPSA) is 21.3 Å². The molecule has 0 bridgehead atoms. The Labute approximate surface area is 436 Å². The van der Waals surface area contributed by atoms with Crippen molar-refractivity contribution >= 4 is 60.8 Å². The van der Waals surface area contributed by atoms with E-state index in [0.717, 1.165) is 89.2 Å². The molecule has 352 valence electrons.